The number of hydrogen-bond acceptors (Lipinski definition) is 2. The zero-order valence-corrected chi connectivity index (χ0v) is 24.1. The highest BCUT2D eigenvalue weighted by molar-refractivity contribution is 6.62. The molecule has 0 N–H and O–H groups in total. The van der Waals surface area contributed by atoms with E-state index in [1.807, 2.05) is 0 Å². The van der Waals surface area contributed by atoms with Crippen LogP contribution in [0.25, 0.3) is 43.8 Å². The summed E-state index contributed by atoms with van der Waals surface area (Å²) in [5, 5.41) is 4.93. The van der Waals surface area contributed by atoms with Gasteiger partial charge in [-0.2, -0.15) is 0 Å². The lowest BCUT2D eigenvalue weighted by Gasteiger charge is -2.32. The molecule has 2 nitrogen and oxygen atoms in total. The third kappa shape index (κ3) is 4.79. The Morgan fingerprint density at radius 1 is 0.513 bits per heavy atom. The standard InChI is InChI=1S/C36H37BO2/c1-34(2,3)32-21-30(27-13-12-24-10-8-9-11-25(24)18-27)20-31(22-32)28-14-15-29-23-33(17-16-26(29)19-28)37-38-35(4,5)36(6,7)39-37/h8-23H,1-7H3. The molecule has 1 saturated heterocycles. The maximum atomic E-state index is 6.30. The minimum Gasteiger partial charge on any atom is -0.399 e. The molecule has 1 fully saturated rings. The summed E-state index contributed by atoms with van der Waals surface area (Å²) in [7, 11) is -0.355. The molecular formula is C36H37BO2. The summed E-state index contributed by atoms with van der Waals surface area (Å²) in [5.41, 5.74) is 6.68. The summed E-state index contributed by atoms with van der Waals surface area (Å²) in [6, 6.07) is 35.7. The lowest BCUT2D eigenvalue weighted by Crippen LogP contribution is -2.41. The first-order valence-electron chi connectivity index (χ1n) is 13.9. The third-order valence-corrected chi connectivity index (χ3v) is 8.60. The van der Waals surface area contributed by atoms with E-state index in [9.17, 15) is 0 Å². The number of rotatable bonds is 3. The van der Waals surface area contributed by atoms with Gasteiger partial charge in [-0.25, -0.2) is 0 Å². The molecule has 0 saturated carbocycles. The zero-order chi connectivity index (χ0) is 27.6. The fourth-order valence-electron chi connectivity index (χ4n) is 5.33. The monoisotopic (exact) mass is 512 g/mol. The van der Waals surface area contributed by atoms with Gasteiger partial charge in [0, 0.05) is 0 Å². The molecule has 1 aliphatic rings. The predicted molar refractivity (Wildman–Crippen MR) is 167 cm³/mol. The summed E-state index contributed by atoms with van der Waals surface area (Å²) in [5.74, 6) is 0. The second-order valence-electron chi connectivity index (χ2n) is 13.0. The highest BCUT2D eigenvalue weighted by Gasteiger charge is 2.51. The second kappa shape index (κ2) is 9.08. The first-order chi connectivity index (χ1) is 18.4. The number of fused-ring (bicyclic) bond motifs is 2. The van der Waals surface area contributed by atoms with Crippen LogP contribution in [0.4, 0.5) is 0 Å². The fraction of sp³-hybridized carbons (Fsp3) is 0.278. The zero-order valence-electron chi connectivity index (χ0n) is 24.1. The van der Waals surface area contributed by atoms with E-state index in [1.54, 1.807) is 0 Å². The molecule has 6 rings (SSSR count). The average Bonchev–Trinajstić information content (AvgIpc) is 3.13. The molecule has 0 spiro atoms. The summed E-state index contributed by atoms with van der Waals surface area (Å²) < 4.78 is 12.6. The Hall–Kier alpha value is -3.40. The molecular weight excluding hydrogens is 475 g/mol. The maximum Gasteiger partial charge on any atom is 0.494 e. The van der Waals surface area contributed by atoms with Crippen LogP contribution >= 0.6 is 0 Å². The van der Waals surface area contributed by atoms with Crippen LogP contribution in [0.15, 0.2) is 97.1 Å². The number of benzene rings is 5. The fourth-order valence-corrected chi connectivity index (χ4v) is 5.33. The third-order valence-electron chi connectivity index (χ3n) is 8.60. The van der Waals surface area contributed by atoms with Gasteiger partial charge in [0.15, 0.2) is 0 Å². The minimum absolute atomic E-state index is 0.0379. The van der Waals surface area contributed by atoms with E-state index in [0.717, 1.165) is 5.46 Å². The van der Waals surface area contributed by atoms with E-state index in [0.29, 0.717) is 0 Å². The lowest BCUT2D eigenvalue weighted by atomic mass is 9.78. The Morgan fingerprint density at radius 2 is 1.00 bits per heavy atom. The Labute approximate surface area is 233 Å². The van der Waals surface area contributed by atoms with Crippen LogP contribution in [0, 0.1) is 0 Å². The average molecular weight is 513 g/mol. The van der Waals surface area contributed by atoms with E-state index in [1.165, 1.54) is 49.4 Å². The van der Waals surface area contributed by atoms with Crippen molar-refractivity contribution in [3.05, 3.63) is 103 Å². The van der Waals surface area contributed by atoms with Gasteiger partial charge in [-0.3, -0.25) is 0 Å². The molecule has 3 heteroatoms. The van der Waals surface area contributed by atoms with Crippen molar-refractivity contribution in [3.63, 3.8) is 0 Å². The molecule has 39 heavy (non-hydrogen) atoms. The van der Waals surface area contributed by atoms with Crippen LogP contribution in [0.5, 0.6) is 0 Å². The molecule has 1 aliphatic heterocycles. The van der Waals surface area contributed by atoms with Gasteiger partial charge in [0.2, 0.25) is 0 Å². The van der Waals surface area contributed by atoms with Gasteiger partial charge < -0.3 is 9.31 Å². The molecule has 0 bridgehead atoms. The van der Waals surface area contributed by atoms with Gasteiger partial charge in [-0.15, -0.1) is 0 Å². The minimum atomic E-state index is -0.355. The summed E-state index contributed by atoms with van der Waals surface area (Å²) >= 11 is 0. The van der Waals surface area contributed by atoms with E-state index >= 15 is 0 Å². The van der Waals surface area contributed by atoms with E-state index in [2.05, 4.69) is 146 Å². The topological polar surface area (TPSA) is 18.5 Å². The largest absolute Gasteiger partial charge is 0.494 e. The van der Waals surface area contributed by atoms with Crippen LogP contribution < -0.4 is 5.46 Å². The van der Waals surface area contributed by atoms with Gasteiger partial charge in [0.05, 0.1) is 11.2 Å². The second-order valence-corrected chi connectivity index (χ2v) is 13.0. The van der Waals surface area contributed by atoms with Gasteiger partial charge in [0.25, 0.3) is 0 Å². The van der Waals surface area contributed by atoms with Crippen LogP contribution in [0.3, 0.4) is 0 Å². The number of hydrogen-bond donors (Lipinski definition) is 0. The highest BCUT2D eigenvalue weighted by atomic mass is 16.7. The molecule has 0 aliphatic carbocycles. The lowest BCUT2D eigenvalue weighted by molar-refractivity contribution is 0.00578. The molecule has 5 aromatic rings. The summed E-state index contributed by atoms with van der Waals surface area (Å²) in [6.07, 6.45) is 0. The van der Waals surface area contributed by atoms with Crippen molar-refractivity contribution >= 4 is 34.1 Å². The van der Waals surface area contributed by atoms with Crippen molar-refractivity contribution < 1.29 is 9.31 Å². The van der Waals surface area contributed by atoms with Crippen LogP contribution in [-0.4, -0.2) is 18.3 Å². The molecule has 196 valence electrons. The Kier molecular flexibility index (Phi) is 6.02. The first-order valence-corrected chi connectivity index (χ1v) is 13.9. The first kappa shape index (κ1) is 25.9. The van der Waals surface area contributed by atoms with E-state index in [4.69, 9.17) is 9.31 Å². The van der Waals surface area contributed by atoms with E-state index in [-0.39, 0.29) is 23.7 Å². The molecule has 1 heterocycles. The maximum absolute atomic E-state index is 6.30. The normalized spacial score (nSPS) is 16.7. The Balaban J connectivity index is 1.40. The van der Waals surface area contributed by atoms with Crippen LogP contribution in [0.2, 0.25) is 0 Å². The molecule has 0 atom stereocenters. The molecule has 5 aromatic carbocycles. The van der Waals surface area contributed by atoms with E-state index < -0.39 is 0 Å². The van der Waals surface area contributed by atoms with Gasteiger partial charge in [0.1, 0.15) is 0 Å². The highest BCUT2D eigenvalue weighted by Crippen LogP contribution is 2.38. The Morgan fingerprint density at radius 3 is 1.59 bits per heavy atom. The van der Waals surface area contributed by atoms with Crippen LogP contribution in [-0.2, 0) is 14.7 Å². The van der Waals surface area contributed by atoms with Crippen molar-refractivity contribution in [1.29, 1.82) is 0 Å². The molecule has 0 amide bonds. The van der Waals surface area contributed by atoms with Crippen molar-refractivity contribution in [2.75, 3.05) is 0 Å². The van der Waals surface area contributed by atoms with Crippen molar-refractivity contribution in [3.8, 4) is 22.3 Å². The molecule has 0 radical (unpaired) electrons. The van der Waals surface area contributed by atoms with Crippen LogP contribution in [0.1, 0.15) is 54.0 Å². The summed E-state index contributed by atoms with van der Waals surface area (Å²) in [6.45, 7) is 15.2. The van der Waals surface area contributed by atoms with Crippen molar-refractivity contribution in [1.82, 2.24) is 0 Å². The van der Waals surface area contributed by atoms with Gasteiger partial charge in [-0.1, -0.05) is 99.6 Å². The molecule has 0 aromatic heterocycles. The predicted octanol–water partition coefficient (Wildman–Crippen LogP) is 8.92. The Bertz CT molecular complexity index is 1690. The summed E-state index contributed by atoms with van der Waals surface area (Å²) in [4.78, 5) is 0. The quantitative estimate of drug-likeness (QED) is 0.225. The van der Waals surface area contributed by atoms with Crippen molar-refractivity contribution in [2.24, 2.45) is 0 Å². The van der Waals surface area contributed by atoms with Crippen molar-refractivity contribution in [2.45, 2.75) is 65.1 Å². The SMILES string of the molecule is CC(C)(C)c1cc(-c2ccc3ccccc3c2)cc(-c2ccc3cc(B4OC(C)(C)C(C)(C)O4)ccc3c2)c1. The van der Waals surface area contributed by atoms with Gasteiger partial charge in [-0.05, 0) is 106 Å². The molecule has 0 unspecified atom stereocenters. The smallest absolute Gasteiger partial charge is 0.399 e. The van der Waals surface area contributed by atoms with Gasteiger partial charge >= 0.3 is 7.12 Å².